The SMILES string of the molecule is C=C(C)C(=O)O.CCCCCCCCCCCCCOC(O)COCCOCCOCCOCCOCCOCCOCCOCCO. The first-order chi connectivity index (χ1) is 23.5. The molecule has 288 valence electrons. The summed E-state index contributed by atoms with van der Waals surface area (Å²) >= 11 is 0. The van der Waals surface area contributed by atoms with E-state index in [0.29, 0.717) is 106 Å². The third kappa shape index (κ3) is 46.9. The number of unbranched alkanes of at least 4 members (excludes halogenated alkanes) is 10. The van der Waals surface area contributed by atoms with Crippen molar-refractivity contribution < 1.29 is 62.7 Å². The van der Waals surface area contributed by atoms with E-state index in [9.17, 15) is 9.90 Å². The summed E-state index contributed by atoms with van der Waals surface area (Å²) in [4.78, 5) is 9.60. The van der Waals surface area contributed by atoms with Gasteiger partial charge in [-0.3, -0.25) is 0 Å². The van der Waals surface area contributed by atoms with Crippen LogP contribution in [-0.2, 0) is 47.4 Å². The minimum absolute atomic E-state index is 0.0266. The molecule has 3 N–H and O–H groups in total. The molecule has 0 heterocycles. The summed E-state index contributed by atoms with van der Waals surface area (Å²) in [5.74, 6) is -0.935. The number of aliphatic hydroxyl groups is 2. The third-order valence-electron chi connectivity index (χ3n) is 6.52. The fourth-order valence-corrected chi connectivity index (χ4v) is 3.82. The summed E-state index contributed by atoms with van der Waals surface area (Å²) in [6.07, 6.45) is 13.3. The van der Waals surface area contributed by atoms with Crippen LogP contribution in [0.4, 0.5) is 0 Å². The van der Waals surface area contributed by atoms with E-state index in [1.165, 1.54) is 64.7 Å². The number of hydrogen-bond acceptors (Lipinski definition) is 12. The summed E-state index contributed by atoms with van der Waals surface area (Å²) in [7, 11) is 0. The Labute approximate surface area is 290 Å². The smallest absolute Gasteiger partial charge is 0.330 e. The molecule has 0 aromatic rings. The molecule has 0 bridgehead atoms. The first-order valence-electron chi connectivity index (χ1n) is 17.9. The van der Waals surface area contributed by atoms with E-state index in [-0.39, 0.29) is 18.8 Å². The zero-order valence-electron chi connectivity index (χ0n) is 30.2. The minimum atomic E-state index is -0.935. The van der Waals surface area contributed by atoms with E-state index < -0.39 is 12.3 Å². The van der Waals surface area contributed by atoms with Gasteiger partial charge in [-0.15, -0.1) is 0 Å². The highest BCUT2D eigenvalue weighted by Gasteiger charge is 2.04. The lowest BCUT2D eigenvalue weighted by Gasteiger charge is -2.12. The van der Waals surface area contributed by atoms with E-state index in [2.05, 4.69) is 13.5 Å². The fraction of sp³-hybridized carbons (Fsp3) is 0.914. The normalized spacial score (nSPS) is 11.8. The Bertz CT molecular complexity index is 628. The van der Waals surface area contributed by atoms with Crippen molar-refractivity contribution in [2.45, 2.75) is 90.8 Å². The Hall–Kier alpha value is -1.23. The molecule has 0 aromatic heterocycles. The Morgan fingerprint density at radius 1 is 0.521 bits per heavy atom. The first kappa shape index (κ1) is 48.9. The quantitative estimate of drug-likeness (QED) is 0.0471. The molecule has 0 saturated carbocycles. The van der Waals surface area contributed by atoms with Crippen molar-refractivity contribution in [2.75, 3.05) is 119 Å². The molecule has 0 aromatic carbocycles. The molecule has 0 aliphatic carbocycles. The van der Waals surface area contributed by atoms with Gasteiger partial charge in [-0.05, 0) is 13.3 Å². The summed E-state index contributed by atoms with van der Waals surface area (Å²) in [6, 6.07) is 0. The zero-order valence-corrected chi connectivity index (χ0v) is 30.2. The van der Waals surface area contributed by atoms with Crippen LogP contribution in [0.15, 0.2) is 12.2 Å². The van der Waals surface area contributed by atoms with Crippen molar-refractivity contribution in [1.29, 1.82) is 0 Å². The monoisotopic (exact) mass is 698 g/mol. The van der Waals surface area contributed by atoms with Gasteiger partial charge in [-0.1, -0.05) is 77.7 Å². The van der Waals surface area contributed by atoms with Crippen molar-refractivity contribution in [3.8, 4) is 0 Å². The van der Waals surface area contributed by atoms with Crippen LogP contribution in [0.2, 0.25) is 0 Å². The van der Waals surface area contributed by atoms with Gasteiger partial charge in [0, 0.05) is 12.2 Å². The average Bonchev–Trinajstić information content (AvgIpc) is 3.07. The number of rotatable bonds is 39. The van der Waals surface area contributed by atoms with Crippen LogP contribution in [-0.4, -0.2) is 147 Å². The maximum absolute atomic E-state index is 9.84. The number of carboxylic acids is 1. The maximum atomic E-state index is 9.84. The Kier molecular flexibility index (Phi) is 44.6. The molecule has 1 unspecified atom stereocenters. The number of carbonyl (C=O) groups is 1. The van der Waals surface area contributed by atoms with Gasteiger partial charge in [0.1, 0.15) is 0 Å². The van der Waals surface area contributed by atoms with Crippen LogP contribution >= 0.6 is 0 Å². The number of carboxylic acid groups (broad SMARTS) is 1. The third-order valence-corrected chi connectivity index (χ3v) is 6.52. The van der Waals surface area contributed by atoms with E-state index in [0.717, 1.165) is 12.8 Å². The first-order valence-corrected chi connectivity index (χ1v) is 17.9. The topological polar surface area (TPSA) is 161 Å². The number of aliphatic hydroxyl groups excluding tert-OH is 2. The lowest BCUT2D eigenvalue weighted by molar-refractivity contribution is -0.141. The molecular formula is C35H70O13. The van der Waals surface area contributed by atoms with Gasteiger partial charge >= 0.3 is 5.97 Å². The second-order valence-electron chi connectivity index (χ2n) is 11.0. The van der Waals surface area contributed by atoms with E-state index in [1.54, 1.807) is 0 Å². The largest absolute Gasteiger partial charge is 0.478 e. The molecule has 13 nitrogen and oxygen atoms in total. The van der Waals surface area contributed by atoms with Gasteiger partial charge < -0.3 is 58.0 Å². The molecule has 0 saturated heterocycles. The zero-order chi connectivity index (χ0) is 35.6. The van der Waals surface area contributed by atoms with Gasteiger partial charge in [0.25, 0.3) is 0 Å². The Balaban J connectivity index is 0. The summed E-state index contributed by atoms with van der Waals surface area (Å²) in [5, 5.41) is 26.3. The van der Waals surface area contributed by atoms with Crippen molar-refractivity contribution >= 4 is 5.97 Å². The molecule has 0 aliphatic rings. The summed E-state index contributed by atoms with van der Waals surface area (Å²) < 4.78 is 48.4. The molecule has 0 amide bonds. The maximum Gasteiger partial charge on any atom is 0.330 e. The molecular weight excluding hydrogens is 628 g/mol. The minimum Gasteiger partial charge on any atom is -0.478 e. The number of ether oxygens (including phenoxy) is 9. The van der Waals surface area contributed by atoms with Crippen LogP contribution in [0, 0.1) is 0 Å². The van der Waals surface area contributed by atoms with Gasteiger partial charge in [-0.25, -0.2) is 4.79 Å². The van der Waals surface area contributed by atoms with Crippen LogP contribution < -0.4 is 0 Å². The van der Waals surface area contributed by atoms with Crippen molar-refractivity contribution in [1.82, 2.24) is 0 Å². The van der Waals surface area contributed by atoms with Gasteiger partial charge in [-0.2, -0.15) is 0 Å². The van der Waals surface area contributed by atoms with Crippen LogP contribution in [0.25, 0.3) is 0 Å². The van der Waals surface area contributed by atoms with Crippen molar-refractivity contribution in [3.05, 3.63) is 12.2 Å². The molecule has 13 heteroatoms. The number of aliphatic carboxylic acids is 1. The van der Waals surface area contributed by atoms with E-state index in [1.807, 2.05) is 0 Å². The van der Waals surface area contributed by atoms with Crippen molar-refractivity contribution in [3.63, 3.8) is 0 Å². The van der Waals surface area contributed by atoms with Crippen LogP contribution in [0.3, 0.4) is 0 Å². The van der Waals surface area contributed by atoms with Crippen LogP contribution in [0.5, 0.6) is 0 Å². The highest BCUT2D eigenvalue weighted by molar-refractivity contribution is 5.84. The van der Waals surface area contributed by atoms with E-state index >= 15 is 0 Å². The lowest BCUT2D eigenvalue weighted by atomic mass is 10.1. The Morgan fingerprint density at radius 2 is 0.812 bits per heavy atom. The van der Waals surface area contributed by atoms with Crippen molar-refractivity contribution in [2.24, 2.45) is 0 Å². The predicted molar refractivity (Wildman–Crippen MR) is 185 cm³/mol. The lowest BCUT2D eigenvalue weighted by Crippen LogP contribution is -2.21. The average molecular weight is 699 g/mol. The van der Waals surface area contributed by atoms with E-state index in [4.69, 9.17) is 52.8 Å². The highest BCUT2D eigenvalue weighted by atomic mass is 16.6. The molecule has 0 spiro atoms. The molecule has 0 aliphatic heterocycles. The van der Waals surface area contributed by atoms with Gasteiger partial charge in [0.2, 0.25) is 0 Å². The second-order valence-corrected chi connectivity index (χ2v) is 11.0. The Morgan fingerprint density at radius 3 is 1.12 bits per heavy atom. The highest BCUT2D eigenvalue weighted by Crippen LogP contribution is 2.11. The predicted octanol–water partition coefficient (Wildman–Crippen LogP) is 4.40. The van der Waals surface area contributed by atoms with Gasteiger partial charge in [0.15, 0.2) is 6.29 Å². The summed E-state index contributed by atoms with van der Waals surface area (Å²) in [5.41, 5.74) is 0.176. The van der Waals surface area contributed by atoms with Gasteiger partial charge in [0.05, 0.1) is 112 Å². The fourth-order valence-electron chi connectivity index (χ4n) is 3.82. The molecule has 0 rings (SSSR count). The second kappa shape index (κ2) is 43.8. The standard InChI is InChI=1S/C31H64O11.C4H6O2/c1-2-3-4-5-6-7-8-9-10-11-12-14-42-31(33)30-41-29-28-40-27-26-39-25-24-38-23-22-37-21-20-36-19-18-35-17-16-34-15-13-32;1-3(2)4(5)6/h31-33H,2-30H2,1H3;1H2,2H3,(H,5,6). The molecule has 0 radical (unpaired) electrons. The molecule has 0 fully saturated rings. The molecule has 48 heavy (non-hydrogen) atoms. The molecule has 1 atom stereocenters. The van der Waals surface area contributed by atoms with Crippen LogP contribution in [0.1, 0.15) is 84.5 Å². The summed E-state index contributed by atoms with van der Waals surface area (Å²) in [6.45, 7) is 14.8. The number of hydrogen-bond donors (Lipinski definition) is 3.